The van der Waals surface area contributed by atoms with Gasteiger partial charge in [-0.15, -0.1) is 0 Å². The van der Waals surface area contributed by atoms with Gasteiger partial charge in [-0.3, -0.25) is 4.79 Å². The molecule has 1 atom stereocenters. The van der Waals surface area contributed by atoms with Crippen molar-refractivity contribution in [1.82, 2.24) is 9.62 Å². The summed E-state index contributed by atoms with van der Waals surface area (Å²) in [5.74, 6) is -0.240. The maximum atomic E-state index is 12.9. The van der Waals surface area contributed by atoms with Gasteiger partial charge in [0.05, 0.1) is 5.75 Å². The van der Waals surface area contributed by atoms with Crippen LogP contribution in [0.5, 0.6) is 0 Å². The van der Waals surface area contributed by atoms with E-state index in [4.69, 9.17) is 0 Å². The number of aryl methyl sites for hydroxylation is 1. The first kappa shape index (κ1) is 20.6. The van der Waals surface area contributed by atoms with Gasteiger partial charge < -0.3 is 5.32 Å². The van der Waals surface area contributed by atoms with E-state index in [1.54, 1.807) is 12.1 Å². The number of sulfonamides is 1. The van der Waals surface area contributed by atoms with Gasteiger partial charge in [0.1, 0.15) is 6.04 Å². The van der Waals surface area contributed by atoms with Gasteiger partial charge in [0.15, 0.2) is 0 Å². The Balaban J connectivity index is 1.56. The van der Waals surface area contributed by atoms with Crippen molar-refractivity contribution >= 4 is 15.9 Å². The average molecular weight is 401 g/mol. The summed E-state index contributed by atoms with van der Waals surface area (Å²) in [6, 6.07) is 18.7. The smallest absolute Gasteiger partial charge is 0.238 e. The van der Waals surface area contributed by atoms with Crippen LogP contribution in [0.3, 0.4) is 0 Å². The van der Waals surface area contributed by atoms with Crippen LogP contribution in [0, 0.1) is 0 Å². The Morgan fingerprint density at radius 1 is 0.964 bits per heavy atom. The van der Waals surface area contributed by atoms with E-state index >= 15 is 0 Å². The molecular formula is C22H28N2O3S. The van der Waals surface area contributed by atoms with Crippen molar-refractivity contribution < 1.29 is 13.2 Å². The molecule has 6 heteroatoms. The Kier molecular flexibility index (Phi) is 7.23. The molecule has 0 bridgehead atoms. The minimum absolute atomic E-state index is 0.0639. The summed E-state index contributed by atoms with van der Waals surface area (Å²) in [7, 11) is -3.53. The monoisotopic (exact) mass is 400 g/mol. The lowest BCUT2D eigenvalue weighted by Crippen LogP contribution is -2.52. The molecule has 1 heterocycles. The quantitative estimate of drug-likeness (QED) is 0.693. The lowest BCUT2D eigenvalue weighted by Gasteiger charge is -2.33. The molecular weight excluding hydrogens is 372 g/mol. The van der Waals surface area contributed by atoms with Crippen LogP contribution in [0.25, 0.3) is 0 Å². The van der Waals surface area contributed by atoms with Gasteiger partial charge >= 0.3 is 0 Å². The molecule has 150 valence electrons. The maximum Gasteiger partial charge on any atom is 0.238 e. The Morgan fingerprint density at radius 3 is 2.29 bits per heavy atom. The number of amides is 1. The molecule has 3 rings (SSSR count). The van der Waals surface area contributed by atoms with Gasteiger partial charge in [-0.05, 0) is 36.8 Å². The second-order valence-electron chi connectivity index (χ2n) is 7.24. The summed E-state index contributed by atoms with van der Waals surface area (Å²) in [4.78, 5) is 12.7. The standard InChI is InChI=1S/C22H28N2O3S/c25-22(23-16-9-14-19-10-3-1-4-11-19)21-15-7-8-17-24(21)28(26,27)18-20-12-5-2-6-13-20/h1-6,10-13,21H,7-9,14-18H2,(H,23,25)/t21-/m0/s1. The molecule has 1 aliphatic heterocycles. The molecule has 0 spiro atoms. The van der Waals surface area contributed by atoms with Gasteiger partial charge in [0.25, 0.3) is 0 Å². The Bertz CT molecular complexity index is 854. The van der Waals surface area contributed by atoms with Crippen molar-refractivity contribution in [2.24, 2.45) is 0 Å². The van der Waals surface area contributed by atoms with E-state index in [0.29, 0.717) is 19.5 Å². The normalized spacial score (nSPS) is 17.9. The largest absolute Gasteiger partial charge is 0.355 e. The molecule has 0 radical (unpaired) electrons. The number of hydrogen-bond donors (Lipinski definition) is 1. The third kappa shape index (κ3) is 5.66. The fraction of sp³-hybridized carbons (Fsp3) is 0.409. The minimum atomic E-state index is -3.53. The SMILES string of the molecule is O=C(NCCCc1ccccc1)[C@@H]1CCCCN1S(=O)(=O)Cc1ccccc1. The zero-order valence-corrected chi connectivity index (χ0v) is 16.9. The highest BCUT2D eigenvalue weighted by Gasteiger charge is 2.36. The van der Waals surface area contributed by atoms with E-state index in [1.165, 1.54) is 9.87 Å². The van der Waals surface area contributed by atoms with Crippen LogP contribution in [-0.4, -0.2) is 37.8 Å². The third-order valence-electron chi connectivity index (χ3n) is 5.09. The van der Waals surface area contributed by atoms with Gasteiger partial charge in [-0.1, -0.05) is 67.1 Å². The molecule has 0 unspecified atom stereocenters. The molecule has 2 aromatic carbocycles. The zero-order chi connectivity index (χ0) is 19.8. The molecule has 0 aliphatic carbocycles. The van der Waals surface area contributed by atoms with Crippen molar-refractivity contribution in [1.29, 1.82) is 0 Å². The topological polar surface area (TPSA) is 66.5 Å². The van der Waals surface area contributed by atoms with Crippen molar-refractivity contribution in [3.63, 3.8) is 0 Å². The number of nitrogens with one attached hydrogen (secondary N) is 1. The molecule has 1 amide bonds. The predicted octanol–water partition coefficient (Wildman–Crippen LogP) is 3.12. The first-order valence-electron chi connectivity index (χ1n) is 9.91. The van der Waals surface area contributed by atoms with Crippen LogP contribution in [0.15, 0.2) is 60.7 Å². The summed E-state index contributed by atoms with van der Waals surface area (Å²) in [6.45, 7) is 0.966. The first-order valence-corrected chi connectivity index (χ1v) is 11.5. The van der Waals surface area contributed by atoms with Crippen LogP contribution in [0.4, 0.5) is 0 Å². The maximum absolute atomic E-state index is 12.9. The van der Waals surface area contributed by atoms with E-state index in [0.717, 1.165) is 31.2 Å². The van der Waals surface area contributed by atoms with Gasteiger partial charge in [-0.2, -0.15) is 4.31 Å². The summed E-state index contributed by atoms with van der Waals surface area (Å²) in [6.07, 6.45) is 3.98. The molecule has 5 nitrogen and oxygen atoms in total. The molecule has 1 fully saturated rings. The fourth-order valence-electron chi connectivity index (χ4n) is 3.63. The number of carbonyl (C=O) groups is 1. The summed E-state index contributed by atoms with van der Waals surface area (Å²) >= 11 is 0. The van der Waals surface area contributed by atoms with E-state index < -0.39 is 16.1 Å². The second kappa shape index (κ2) is 9.85. The van der Waals surface area contributed by atoms with Crippen LogP contribution in [-0.2, 0) is 27.0 Å². The first-order chi connectivity index (χ1) is 13.6. The highest BCUT2D eigenvalue weighted by molar-refractivity contribution is 7.88. The van der Waals surface area contributed by atoms with Gasteiger partial charge in [0, 0.05) is 13.1 Å². The Morgan fingerprint density at radius 2 is 1.61 bits per heavy atom. The van der Waals surface area contributed by atoms with Crippen LogP contribution < -0.4 is 5.32 Å². The van der Waals surface area contributed by atoms with Crippen molar-refractivity contribution in [3.05, 3.63) is 71.8 Å². The molecule has 28 heavy (non-hydrogen) atoms. The summed E-state index contributed by atoms with van der Waals surface area (Å²) < 4.78 is 27.3. The van der Waals surface area contributed by atoms with Crippen LogP contribution in [0.1, 0.15) is 36.8 Å². The van der Waals surface area contributed by atoms with Crippen LogP contribution in [0.2, 0.25) is 0 Å². The lowest BCUT2D eigenvalue weighted by molar-refractivity contribution is -0.125. The van der Waals surface area contributed by atoms with Gasteiger partial charge in [-0.25, -0.2) is 8.42 Å². The third-order valence-corrected chi connectivity index (χ3v) is 6.94. The van der Waals surface area contributed by atoms with Gasteiger partial charge in [0.2, 0.25) is 15.9 Å². The number of rotatable bonds is 8. The molecule has 0 aromatic heterocycles. The molecule has 0 saturated carbocycles. The van der Waals surface area contributed by atoms with Crippen molar-refractivity contribution in [2.45, 2.75) is 43.9 Å². The highest BCUT2D eigenvalue weighted by atomic mass is 32.2. The molecule has 1 aliphatic rings. The fourth-order valence-corrected chi connectivity index (χ4v) is 5.41. The molecule has 1 N–H and O–H groups in total. The zero-order valence-electron chi connectivity index (χ0n) is 16.1. The Labute approximate surface area is 167 Å². The summed E-state index contributed by atoms with van der Waals surface area (Å²) in [5, 5.41) is 2.94. The van der Waals surface area contributed by atoms with Crippen molar-refractivity contribution in [2.75, 3.05) is 13.1 Å². The number of carbonyl (C=O) groups excluding carboxylic acids is 1. The number of nitrogens with zero attached hydrogens (tertiary/aromatic N) is 1. The predicted molar refractivity (Wildman–Crippen MR) is 111 cm³/mol. The Hall–Kier alpha value is -2.18. The number of piperidine rings is 1. The molecule has 1 saturated heterocycles. The number of benzene rings is 2. The van der Waals surface area contributed by atoms with E-state index in [1.807, 2.05) is 36.4 Å². The van der Waals surface area contributed by atoms with Crippen LogP contribution >= 0.6 is 0 Å². The molecule has 2 aromatic rings. The van der Waals surface area contributed by atoms with E-state index in [9.17, 15) is 13.2 Å². The summed E-state index contributed by atoms with van der Waals surface area (Å²) in [5.41, 5.74) is 1.98. The van der Waals surface area contributed by atoms with E-state index in [2.05, 4.69) is 17.4 Å². The second-order valence-corrected chi connectivity index (χ2v) is 9.17. The lowest BCUT2D eigenvalue weighted by atomic mass is 10.0. The van der Waals surface area contributed by atoms with E-state index in [-0.39, 0.29) is 11.7 Å². The van der Waals surface area contributed by atoms with Crippen molar-refractivity contribution in [3.8, 4) is 0 Å². The minimum Gasteiger partial charge on any atom is -0.355 e. The average Bonchev–Trinajstić information content (AvgIpc) is 2.72. The highest BCUT2D eigenvalue weighted by Crippen LogP contribution is 2.23. The number of hydrogen-bond acceptors (Lipinski definition) is 3.